The molecule has 0 aliphatic heterocycles. The molecule has 104 valence electrons. The summed E-state index contributed by atoms with van der Waals surface area (Å²) in [6.45, 7) is 1.85. The molecule has 0 saturated heterocycles. The van der Waals surface area contributed by atoms with Crippen molar-refractivity contribution in [3.8, 4) is 0 Å². The summed E-state index contributed by atoms with van der Waals surface area (Å²) in [6.07, 6.45) is 0. The lowest BCUT2D eigenvalue weighted by molar-refractivity contribution is 0.102. The van der Waals surface area contributed by atoms with Gasteiger partial charge in [0, 0.05) is 25.3 Å². The van der Waals surface area contributed by atoms with Crippen LogP contribution in [0.15, 0.2) is 42.5 Å². The average Bonchev–Trinajstić information content (AvgIpc) is 2.42. The summed E-state index contributed by atoms with van der Waals surface area (Å²) in [5.74, 6) is -0.149. The first-order valence-corrected chi connectivity index (χ1v) is 6.43. The van der Waals surface area contributed by atoms with Crippen molar-refractivity contribution in [1.82, 2.24) is 0 Å². The van der Waals surface area contributed by atoms with E-state index in [0.29, 0.717) is 11.3 Å². The summed E-state index contributed by atoms with van der Waals surface area (Å²) in [4.78, 5) is 14.3. The van der Waals surface area contributed by atoms with Crippen molar-refractivity contribution in [2.45, 2.75) is 6.92 Å². The van der Waals surface area contributed by atoms with Gasteiger partial charge in [0.15, 0.2) is 0 Å². The van der Waals surface area contributed by atoms with Crippen LogP contribution in [0.2, 0.25) is 0 Å². The van der Waals surface area contributed by atoms with Crippen LogP contribution in [-0.2, 0) is 0 Å². The van der Waals surface area contributed by atoms with E-state index in [-0.39, 0.29) is 5.91 Å². The number of hydrogen-bond acceptors (Lipinski definition) is 3. The maximum Gasteiger partial charge on any atom is 0.256 e. The monoisotopic (exact) mass is 269 g/mol. The van der Waals surface area contributed by atoms with E-state index in [0.717, 1.165) is 16.9 Å². The number of nitrogens with two attached hydrogens (primary N) is 1. The second-order valence-corrected chi connectivity index (χ2v) is 4.89. The van der Waals surface area contributed by atoms with E-state index >= 15 is 0 Å². The Morgan fingerprint density at radius 1 is 1.10 bits per heavy atom. The highest BCUT2D eigenvalue weighted by atomic mass is 16.1. The van der Waals surface area contributed by atoms with Crippen molar-refractivity contribution in [1.29, 1.82) is 0 Å². The van der Waals surface area contributed by atoms with Gasteiger partial charge in [-0.2, -0.15) is 0 Å². The molecule has 4 heteroatoms. The lowest BCUT2D eigenvalue weighted by atomic mass is 10.1. The fourth-order valence-corrected chi connectivity index (χ4v) is 2.06. The van der Waals surface area contributed by atoms with Crippen LogP contribution in [0, 0.1) is 6.92 Å². The zero-order valence-corrected chi connectivity index (χ0v) is 12.0. The number of benzene rings is 2. The largest absolute Gasteiger partial charge is 0.398 e. The number of anilines is 3. The Morgan fingerprint density at radius 2 is 1.80 bits per heavy atom. The number of hydrogen-bond donors (Lipinski definition) is 2. The highest BCUT2D eigenvalue weighted by Gasteiger charge is 2.13. The Morgan fingerprint density at radius 3 is 2.50 bits per heavy atom. The lowest BCUT2D eigenvalue weighted by Gasteiger charge is -2.18. The third-order valence-corrected chi connectivity index (χ3v) is 3.25. The Bertz CT molecular complexity index is 635. The average molecular weight is 269 g/mol. The number of nitrogens with zero attached hydrogens (tertiary/aromatic N) is 1. The second kappa shape index (κ2) is 5.65. The number of nitrogen functional groups attached to an aromatic ring is 1. The molecule has 2 aromatic rings. The quantitative estimate of drug-likeness (QED) is 0.842. The normalized spacial score (nSPS) is 10.2. The summed E-state index contributed by atoms with van der Waals surface area (Å²) < 4.78 is 0. The van der Waals surface area contributed by atoms with E-state index in [9.17, 15) is 4.79 Å². The first-order valence-electron chi connectivity index (χ1n) is 6.43. The first kappa shape index (κ1) is 13.9. The molecule has 2 rings (SSSR count). The van der Waals surface area contributed by atoms with Crippen LogP contribution in [-0.4, -0.2) is 20.0 Å². The topological polar surface area (TPSA) is 58.4 Å². The smallest absolute Gasteiger partial charge is 0.256 e. The van der Waals surface area contributed by atoms with Gasteiger partial charge in [0.05, 0.1) is 11.4 Å². The van der Waals surface area contributed by atoms with Gasteiger partial charge >= 0.3 is 0 Å². The summed E-state index contributed by atoms with van der Waals surface area (Å²) in [7, 11) is 3.88. The Hall–Kier alpha value is -2.49. The van der Waals surface area contributed by atoms with E-state index in [1.54, 1.807) is 18.2 Å². The van der Waals surface area contributed by atoms with Crippen molar-refractivity contribution < 1.29 is 4.79 Å². The van der Waals surface area contributed by atoms with Crippen molar-refractivity contribution in [2.24, 2.45) is 0 Å². The SMILES string of the molecule is Cc1c(N)cccc1C(=O)Nc1ccccc1N(C)C. The number of amides is 1. The molecule has 1 amide bonds. The minimum absolute atomic E-state index is 0.149. The third kappa shape index (κ3) is 2.74. The third-order valence-electron chi connectivity index (χ3n) is 3.25. The molecule has 0 aliphatic carbocycles. The zero-order valence-electron chi connectivity index (χ0n) is 12.0. The molecule has 20 heavy (non-hydrogen) atoms. The van der Waals surface area contributed by atoms with Crippen LogP contribution in [0.1, 0.15) is 15.9 Å². The Balaban J connectivity index is 2.31. The molecule has 3 N–H and O–H groups in total. The van der Waals surface area contributed by atoms with Crippen molar-refractivity contribution in [2.75, 3.05) is 30.0 Å². The fourth-order valence-electron chi connectivity index (χ4n) is 2.06. The summed E-state index contributed by atoms with van der Waals surface area (Å²) in [6, 6.07) is 13.0. The summed E-state index contributed by atoms with van der Waals surface area (Å²) in [5, 5.41) is 2.94. The Labute approximate surface area is 119 Å². The van der Waals surface area contributed by atoms with Crippen LogP contribution < -0.4 is 16.0 Å². The maximum atomic E-state index is 12.4. The van der Waals surface area contributed by atoms with Crippen molar-refractivity contribution in [3.05, 3.63) is 53.6 Å². The van der Waals surface area contributed by atoms with Gasteiger partial charge < -0.3 is 16.0 Å². The fraction of sp³-hybridized carbons (Fsp3) is 0.188. The van der Waals surface area contributed by atoms with Gasteiger partial charge in [-0.3, -0.25) is 4.79 Å². The van der Waals surface area contributed by atoms with Crippen LogP contribution in [0.3, 0.4) is 0 Å². The molecule has 0 radical (unpaired) electrons. The van der Waals surface area contributed by atoms with Crippen LogP contribution >= 0.6 is 0 Å². The van der Waals surface area contributed by atoms with E-state index < -0.39 is 0 Å². The van der Waals surface area contributed by atoms with Crippen LogP contribution in [0.25, 0.3) is 0 Å². The Kier molecular flexibility index (Phi) is 3.94. The number of para-hydroxylation sites is 2. The van der Waals surface area contributed by atoms with Gasteiger partial charge in [-0.25, -0.2) is 0 Å². The molecular formula is C16H19N3O. The molecule has 0 saturated carbocycles. The van der Waals surface area contributed by atoms with E-state index in [4.69, 9.17) is 5.73 Å². The van der Waals surface area contributed by atoms with Gasteiger partial charge in [-0.05, 0) is 36.8 Å². The van der Waals surface area contributed by atoms with Crippen molar-refractivity contribution in [3.63, 3.8) is 0 Å². The van der Waals surface area contributed by atoms with Gasteiger partial charge in [0.1, 0.15) is 0 Å². The van der Waals surface area contributed by atoms with E-state index in [2.05, 4.69) is 5.32 Å². The van der Waals surface area contributed by atoms with Gasteiger partial charge in [0.2, 0.25) is 0 Å². The summed E-state index contributed by atoms with van der Waals surface area (Å²) in [5.41, 5.74) is 9.60. The molecule has 0 bridgehead atoms. The maximum absolute atomic E-state index is 12.4. The number of carbonyl (C=O) groups is 1. The molecule has 0 spiro atoms. The molecule has 4 nitrogen and oxygen atoms in total. The van der Waals surface area contributed by atoms with Gasteiger partial charge in [0.25, 0.3) is 5.91 Å². The van der Waals surface area contributed by atoms with Crippen LogP contribution in [0.4, 0.5) is 17.1 Å². The van der Waals surface area contributed by atoms with Gasteiger partial charge in [-0.15, -0.1) is 0 Å². The minimum Gasteiger partial charge on any atom is -0.398 e. The second-order valence-electron chi connectivity index (χ2n) is 4.89. The molecule has 0 unspecified atom stereocenters. The van der Waals surface area contributed by atoms with E-state index in [1.807, 2.05) is 50.2 Å². The molecule has 0 heterocycles. The number of carbonyl (C=O) groups excluding carboxylic acids is 1. The standard InChI is InChI=1S/C16H19N3O/c1-11-12(7-6-8-13(11)17)16(20)18-14-9-4-5-10-15(14)19(2)3/h4-10H,17H2,1-3H3,(H,18,20). The lowest BCUT2D eigenvalue weighted by Crippen LogP contribution is -2.17. The predicted molar refractivity (Wildman–Crippen MR) is 84.3 cm³/mol. The number of nitrogens with one attached hydrogen (secondary N) is 1. The molecular weight excluding hydrogens is 250 g/mol. The van der Waals surface area contributed by atoms with Crippen molar-refractivity contribution >= 4 is 23.0 Å². The molecule has 0 aromatic heterocycles. The highest BCUT2D eigenvalue weighted by Crippen LogP contribution is 2.25. The molecule has 0 aliphatic rings. The predicted octanol–water partition coefficient (Wildman–Crippen LogP) is 2.90. The molecule has 0 atom stereocenters. The highest BCUT2D eigenvalue weighted by molar-refractivity contribution is 6.07. The minimum atomic E-state index is -0.149. The van der Waals surface area contributed by atoms with Gasteiger partial charge in [-0.1, -0.05) is 18.2 Å². The van der Waals surface area contributed by atoms with E-state index in [1.165, 1.54) is 0 Å². The zero-order chi connectivity index (χ0) is 14.7. The number of rotatable bonds is 3. The molecule has 2 aromatic carbocycles. The summed E-state index contributed by atoms with van der Waals surface area (Å²) >= 11 is 0. The van der Waals surface area contributed by atoms with Crippen LogP contribution in [0.5, 0.6) is 0 Å². The first-order chi connectivity index (χ1) is 9.50. The molecule has 0 fully saturated rings.